The molecule has 3 aliphatic rings. The van der Waals surface area contributed by atoms with E-state index in [0.29, 0.717) is 18.8 Å². The van der Waals surface area contributed by atoms with Gasteiger partial charge in [0, 0.05) is 25.2 Å². The summed E-state index contributed by atoms with van der Waals surface area (Å²) >= 11 is 0. The molecule has 2 atom stereocenters. The molecule has 2 amide bonds. The van der Waals surface area contributed by atoms with E-state index in [2.05, 4.69) is 4.98 Å². The first-order chi connectivity index (χ1) is 11.5. The first kappa shape index (κ1) is 15.6. The number of sulfone groups is 1. The highest BCUT2D eigenvalue weighted by atomic mass is 32.2. The maximum atomic E-state index is 12.7. The number of carbonyl (C=O) groups is 2. The average Bonchev–Trinajstić information content (AvgIpc) is 3.35. The number of amides is 2. The van der Waals surface area contributed by atoms with Gasteiger partial charge in [-0.2, -0.15) is 0 Å². The van der Waals surface area contributed by atoms with Crippen LogP contribution in [0.3, 0.4) is 0 Å². The number of hydrogen-bond acceptors (Lipinski definition) is 5. The van der Waals surface area contributed by atoms with Crippen LogP contribution in [0, 0.1) is 5.92 Å². The van der Waals surface area contributed by atoms with E-state index in [1.807, 2.05) is 0 Å². The Morgan fingerprint density at radius 3 is 2.33 bits per heavy atom. The van der Waals surface area contributed by atoms with E-state index in [0.717, 1.165) is 12.8 Å². The number of pyridine rings is 1. The Bertz CT molecular complexity index is 776. The molecule has 8 heteroatoms. The Labute approximate surface area is 140 Å². The van der Waals surface area contributed by atoms with Crippen LogP contribution in [0.1, 0.15) is 23.3 Å². The van der Waals surface area contributed by atoms with Crippen LogP contribution in [0.5, 0.6) is 0 Å². The van der Waals surface area contributed by atoms with Gasteiger partial charge in [0.1, 0.15) is 5.69 Å². The smallest absolute Gasteiger partial charge is 0.272 e. The molecule has 2 saturated heterocycles. The summed E-state index contributed by atoms with van der Waals surface area (Å²) in [5.41, 5.74) is 0.308. The van der Waals surface area contributed by atoms with Crippen LogP contribution in [0.4, 0.5) is 0 Å². The highest BCUT2D eigenvalue weighted by molar-refractivity contribution is 7.91. The van der Waals surface area contributed by atoms with E-state index in [1.54, 1.807) is 34.2 Å². The second kappa shape index (κ2) is 5.54. The van der Waals surface area contributed by atoms with Gasteiger partial charge in [-0.05, 0) is 25.0 Å². The topological polar surface area (TPSA) is 87.7 Å². The Kier molecular flexibility index (Phi) is 3.59. The minimum absolute atomic E-state index is 0.0481. The largest absolute Gasteiger partial charge is 0.335 e. The minimum atomic E-state index is -3.26. The first-order valence-electron chi connectivity index (χ1n) is 8.19. The molecular formula is C16H19N3O4S. The fourth-order valence-electron chi connectivity index (χ4n) is 3.68. The Balaban J connectivity index is 1.62. The fourth-order valence-corrected chi connectivity index (χ4v) is 5.66. The van der Waals surface area contributed by atoms with Crippen molar-refractivity contribution in [2.24, 2.45) is 5.92 Å². The molecule has 1 aromatic heterocycles. The molecule has 4 rings (SSSR count). The molecule has 1 aliphatic carbocycles. The zero-order chi connectivity index (χ0) is 16.9. The quantitative estimate of drug-likeness (QED) is 0.747. The molecule has 0 bridgehead atoms. The van der Waals surface area contributed by atoms with E-state index in [1.165, 1.54) is 0 Å². The lowest BCUT2D eigenvalue weighted by Gasteiger charge is -2.43. The van der Waals surface area contributed by atoms with Crippen molar-refractivity contribution in [1.82, 2.24) is 14.8 Å². The average molecular weight is 349 g/mol. The van der Waals surface area contributed by atoms with Crippen LogP contribution >= 0.6 is 0 Å². The van der Waals surface area contributed by atoms with Gasteiger partial charge in [0.15, 0.2) is 9.84 Å². The van der Waals surface area contributed by atoms with Gasteiger partial charge in [0.2, 0.25) is 5.91 Å². The SMILES string of the molecule is O=C(c1ccccn1)N1CCN(C(=O)C2CC2)[C@H]2CS(=O)(=O)C[C@H]21. The number of rotatable bonds is 2. The second-order valence-electron chi connectivity index (χ2n) is 6.73. The van der Waals surface area contributed by atoms with Gasteiger partial charge in [0.25, 0.3) is 5.91 Å². The van der Waals surface area contributed by atoms with Gasteiger partial charge in [-0.3, -0.25) is 14.6 Å². The van der Waals surface area contributed by atoms with Crippen molar-refractivity contribution in [3.05, 3.63) is 30.1 Å². The maximum absolute atomic E-state index is 12.7. The third-order valence-electron chi connectivity index (χ3n) is 5.03. The maximum Gasteiger partial charge on any atom is 0.272 e. The molecule has 1 aromatic rings. The standard InChI is InChI=1S/C16H19N3O4S/c20-15(11-4-5-11)18-7-8-19(14-10-24(22,23)9-13(14)18)16(21)12-3-1-2-6-17-12/h1-3,6,11,13-14H,4-5,7-10H2/t13-,14+/m0/s1. The van der Waals surface area contributed by atoms with Crippen LogP contribution < -0.4 is 0 Å². The minimum Gasteiger partial charge on any atom is -0.335 e. The molecule has 1 saturated carbocycles. The predicted molar refractivity (Wildman–Crippen MR) is 85.9 cm³/mol. The number of carbonyl (C=O) groups excluding carboxylic acids is 2. The van der Waals surface area contributed by atoms with E-state index < -0.39 is 21.9 Å². The van der Waals surface area contributed by atoms with Gasteiger partial charge in [0.05, 0.1) is 23.6 Å². The summed E-state index contributed by atoms with van der Waals surface area (Å²) in [7, 11) is -3.26. The number of fused-ring (bicyclic) bond motifs is 1. The molecule has 0 spiro atoms. The van der Waals surface area contributed by atoms with Crippen LogP contribution in [0.2, 0.25) is 0 Å². The first-order valence-corrected chi connectivity index (χ1v) is 10.0. The van der Waals surface area contributed by atoms with Crippen molar-refractivity contribution in [3.63, 3.8) is 0 Å². The van der Waals surface area contributed by atoms with Gasteiger partial charge >= 0.3 is 0 Å². The lowest BCUT2D eigenvalue weighted by Crippen LogP contribution is -2.62. The zero-order valence-electron chi connectivity index (χ0n) is 13.2. The third-order valence-corrected chi connectivity index (χ3v) is 6.73. The van der Waals surface area contributed by atoms with Crippen molar-refractivity contribution >= 4 is 21.7 Å². The Hall–Kier alpha value is -1.96. The van der Waals surface area contributed by atoms with E-state index >= 15 is 0 Å². The van der Waals surface area contributed by atoms with E-state index in [9.17, 15) is 18.0 Å². The van der Waals surface area contributed by atoms with Crippen LogP contribution in [0.25, 0.3) is 0 Å². The van der Waals surface area contributed by atoms with E-state index in [-0.39, 0.29) is 29.2 Å². The lowest BCUT2D eigenvalue weighted by atomic mass is 10.0. The molecule has 7 nitrogen and oxygen atoms in total. The Morgan fingerprint density at radius 2 is 1.71 bits per heavy atom. The summed E-state index contributed by atoms with van der Waals surface area (Å²) in [5, 5.41) is 0. The van der Waals surface area contributed by atoms with Crippen molar-refractivity contribution < 1.29 is 18.0 Å². The van der Waals surface area contributed by atoms with Crippen molar-refractivity contribution in [1.29, 1.82) is 0 Å². The molecule has 24 heavy (non-hydrogen) atoms. The number of hydrogen-bond donors (Lipinski definition) is 0. The summed E-state index contributed by atoms with van der Waals surface area (Å²) in [5.74, 6) is -0.299. The highest BCUT2D eigenvalue weighted by Gasteiger charge is 2.51. The summed E-state index contributed by atoms with van der Waals surface area (Å²) in [4.78, 5) is 32.6. The summed E-state index contributed by atoms with van der Waals surface area (Å²) < 4.78 is 24.3. The summed E-state index contributed by atoms with van der Waals surface area (Å²) in [6, 6.07) is 4.19. The number of aromatic nitrogens is 1. The molecule has 0 aromatic carbocycles. The molecule has 3 fully saturated rings. The molecular weight excluding hydrogens is 330 g/mol. The highest BCUT2D eigenvalue weighted by Crippen LogP contribution is 2.35. The fraction of sp³-hybridized carbons (Fsp3) is 0.562. The monoisotopic (exact) mass is 349 g/mol. The summed E-state index contributed by atoms with van der Waals surface area (Å²) in [6.07, 6.45) is 3.31. The molecule has 0 radical (unpaired) electrons. The summed E-state index contributed by atoms with van der Waals surface area (Å²) in [6.45, 7) is 0.745. The van der Waals surface area contributed by atoms with Crippen molar-refractivity contribution in [3.8, 4) is 0 Å². The van der Waals surface area contributed by atoms with Gasteiger partial charge in [-0.25, -0.2) is 8.42 Å². The van der Waals surface area contributed by atoms with Crippen molar-refractivity contribution in [2.45, 2.75) is 24.9 Å². The Morgan fingerprint density at radius 1 is 1.04 bits per heavy atom. The molecule has 128 valence electrons. The normalized spacial score (nSPS) is 28.5. The number of nitrogens with zero attached hydrogens (tertiary/aromatic N) is 3. The van der Waals surface area contributed by atoms with Gasteiger partial charge < -0.3 is 9.80 Å². The second-order valence-corrected chi connectivity index (χ2v) is 8.88. The van der Waals surface area contributed by atoms with Gasteiger partial charge in [-0.15, -0.1) is 0 Å². The molecule has 3 heterocycles. The van der Waals surface area contributed by atoms with Crippen molar-refractivity contribution in [2.75, 3.05) is 24.6 Å². The zero-order valence-corrected chi connectivity index (χ0v) is 14.0. The third kappa shape index (κ3) is 2.68. The molecule has 2 aliphatic heterocycles. The molecule has 0 unspecified atom stereocenters. The lowest BCUT2D eigenvalue weighted by molar-refractivity contribution is -0.137. The molecule has 0 N–H and O–H groups in total. The predicted octanol–water partition coefficient (Wildman–Crippen LogP) is -0.0584. The number of piperazine rings is 1. The van der Waals surface area contributed by atoms with E-state index in [4.69, 9.17) is 0 Å². The van der Waals surface area contributed by atoms with Crippen LogP contribution in [-0.2, 0) is 14.6 Å². The van der Waals surface area contributed by atoms with Crippen LogP contribution in [-0.4, -0.2) is 71.7 Å². The van der Waals surface area contributed by atoms with Gasteiger partial charge in [-0.1, -0.05) is 6.07 Å². The van der Waals surface area contributed by atoms with Crippen LogP contribution in [0.15, 0.2) is 24.4 Å².